The Morgan fingerprint density at radius 2 is 2.05 bits per heavy atom. The summed E-state index contributed by atoms with van der Waals surface area (Å²) >= 11 is 0. The van der Waals surface area contributed by atoms with Crippen LogP contribution in [0.4, 0.5) is 0 Å². The van der Waals surface area contributed by atoms with Gasteiger partial charge in [0.2, 0.25) is 5.91 Å². The molecule has 1 atom stereocenters. The Balaban J connectivity index is 0.00000242. The van der Waals surface area contributed by atoms with E-state index in [9.17, 15) is 9.59 Å². The molecule has 0 spiro atoms. The zero-order valence-corrected chi connectivity index (χ0v) is 13.6. The van der Waals surface area contributed by atoms with Crippen LogP contribution in [0.5, 0.6) is 0 Å². The fourth-order valence-corrected chi connectivity index (χ4v) is 2.57. The Morgan fingerprint density at radius 3 is 2.64 bits per heavy atom. The first-order chi connectivity index (χ1) is 9.99. The molecule has 2 heterocycles. The van der Waals surface area contributed by atoms with Gasteiger partial charge in [-0.2, -0.15) is 5.10 Å². The molecule has 4 N–H and O–H groups in total. The normalized spacial score (nSPS) is 16.9. The molecule has 7 nitrogen and oxygen atoms in total. The van der Waals surface area contributed by atoms with Gasteiger partial charge in [-0.3, -0.25) is 14.3 Å². The second kappa shape index (κ2) is 8.14. The molecule has 1 fully saturated rings. The average Bonchev–Trinajstić information content (AvgIpc) is 2.93. The number of hydrogen-bond acceptors (Lipinski definition) is 4. The first-order valence-electron chi connectivity index (χ1n) is 7.35. The molecule has 1 aliphatic heterocycles. The number of nitrogens with two attached hydrogens (primary N) is 2. The van der Waals surface area contributed by atoms with E-state index in [1.807, 2.05) is 4.90 Å². The summed E-state index contributed by atoms with van der Waals surface area (Å²) in [5.41, 5.74) is 11.6. The van der Waals surface area contributed by atoms with Crippen molar-refractivity contribution in [2.24, 2.45) is 17.4 Å². The van der Waals surface area contributed by atoms with E-state index in [0.29, 0.717) is 24.6 Å². The molecule has 0 radical (unpaired) electrons. The minimum absolute atomic E-state index is 0. The maximum atomic E-state index is 12.3. The topological polar surface area (TPSA) is 107 Å². The molecule has 0 aromatic carbocycles. The maximum absolute atomic E-state index is 12.3. The lowest BCUT2D eigenvalue weighted by atomic mass is 9.98. The zero-order chi connectivity index (χ0) is 15.4. The summed E-state index contributed by atoms with van der Waals surface area (Å²) in [5.74, 6) is 0.125. The van der Waals surface area contributed by atoms with Crippen LogP contribution in [0.3, 0.4) is 0 Å². The molecular formula is C14H24ClN5O2. The van der Waals surface area contributed by atoms with E-state index in [1.165, 1.54) is 10.9 Å². The number of nitrogens with zero attached hydrogens (tertiary/aromatic N) is 3. The number of primary amides is 1. The van der Waals surface area contributed by atoms with E-state index in [-0.39, 0.29) is 18.3 Å². The van der Waals surface area contributed by atoms with E-state index >= 15 is 0 Å². The predicted octanol–water partition coefficient (Wildman–Crippen LogP) is 0.380. The zero-order valence-electron chi connectivity index (χ0n) is 12.8. The highest BCUT2D eigenvalue weighted by Crippen LogP contribution is 2.17. The van der Waals surface area contributed by atoms with Gasteiger partial charge in [-0.25, -0.2) is 0 Å². The average molecular weight is 330 g/mol. The van der Waals surface area contributed by atoms with E-state index in [4.69, 9.17) is 11.5 Å². The number of piperidine rings is 1. The largest absolute Gasteiger partial charge is 0.364 e. The number of likely N-dealkylation sites (tertiary alicyclic amines) is 1. The van der Waals surface area contributed by atoms with Gasteiger partial charge in [0.25, 0.3) is 5.91 Å². The van der Waals surface area contributed by atoms with Crippen molar-refractivity contribution in [3.05, 3.63) is 18.0 Å². The van der Waals surface area contributed by atoms with Crippen LogP contribution in [0.15, 0.2) is 12.3 Å². The van der Waals surface area contributed by atoms with Gasteiger partial charge < -0.3 is 16.4 Å². The molecule has 0 saturated carbocycles. The van der Waals surface area contributed by atoms with Gasteiger partial charge in [0, 0.05) is 25.8 Å². The van der Waals surface area contributed by atoms with Crippen molar-refractivity contribution in [1.29, 1.82) is 0 Å². The molecule has 1 aromatic heterocycles. The van der Waals surface area contributed by atoms with Crippen LogP contribution in [0.25, 0.3) is 0 Å². The van der Waals surface area contributed by atoms with Crippen LogP contribution in [0, 0.1) is 5.92 Å². The van der Waals surface area contributed by atoms with E-state index in [0.717, 1.165) is 25.9 Å². The number of carbonyl (C=O) groups is 2. The molecule has 1 saturated heterocycles. The molecule has 2 rings (SSSR count). The van der Waals surface area contributed by atoms with Crippen molar-refractivity contribution in [3.63, 3.8) is 0 Å². The van der Waals surface area contributed by atoms with Gasteiger partial charge in [0.05, 0.1) is 6.04 Å². The predicted molar refractivity (Wildman–Crippen MR) is 85.6 cm³/mol. The lowest BCUT2D eigenvalue weighted by Crippen LogP contribution is -2.47. The lowest BCUT2D eigenvalue weighted by Gasteiger charge is -2.32. The van der Waals surface area contributed by atoms with Crippen molar-refractivity contribution >= 4 is 24.2 Å². The highest BCUT2D eigenvalue weighted by atomic mass is 35.5. The third-order valence-electron chi connectivity index (χ3n) is 4.03. The van der Waals surface area contributed by atoms with Crippen LogP contribution in [0.2, 0.25) is 0 Å². The van der Waals surface area contributed by atoms with Gasteiger partial charge in [0.15, 0.2) is 0 Å². The van der Waals surface area contributed by atoms with Gasteiger partial charge in [-0.1, -0.05) is 6.92 Å². The Morgan fingerprint density at radius 1 is 1.41 bits per heavy atom. The smallest absolute Gasteiger partial charge is 0.266 e. The summed E-state index contributed by atoms with van der Waals surface area (Å²) in [6.45, 7) is 4.16. The number of amides is 2. The monoisotopic (exact) mass is 329 g/mol. The Bertz CT molecular complexity index is 511. The highest BCUT2D eigenvalue weighted by Gasteiger charge is 2.24. The second-order valence-electron chi connectivity index (χ2n) is 5.71. The minimum atomic E-state index is -0.566. The van der Waals surface area contributed by atoms with Gasteiger partial charge in [-0.05, 0) is 31.2 Å². The standard InChI is InChI=1S/C14H23N5O2.ClH/c1-10-3-7-18(8-4-10)14(21)11(15)5-9-19-12(13(16)20)2-6-17-19;/h2,6,10-11H,3-5,7-9,15H2,1H3,(H2,16,20);1H. The van der Waals surface area contributed by atoms with Gasteiger partial charge in [-0.15, -0.1) is 12.4 Å². The first-order valence-corrected chi connectivity index (χ1v) is 7.35. The number of hydrogen-bond donors (Lipinski definition) is 2. The number of rotatable bonds is 5. The van der Waals surface area contributed by atoms with Crippen LogP contribution >= 0.6 is 12.4 Å². The second-order valence-corrected chi connectivity index (χ2v) is 5.71. The van der Waals surface area contributed by atoms with Crippen LogP contribution in [-0.2, 0) is 11.3 Å². The summed E-state index contributed by atoms with van der Waals surface area (Å²) in [6, 6.07) is 0.991. The Hall–Kier alpha value is -1.60. The number of halogens is 1. The van der Waals surface area contributed by atoms with Crippen molar-refractivity contribution in [1.82, 2.24) is 14.7 Å². The lowest BCUT2D eigenvalue weighted by molar-refractivity contribution is -0.134. The van der Waals surface area contributed by atoms with Crippen molar-refractivity contribution in [2.45, 2.75) is 38.8 Å². The Labute approximate surface area is 136 Å². The molecule has 2 amide bonds. The summed E-state index contributed by atoms with van der Waals surface area (Å²) < 4.78 is 1.49. The first kappa shape index (κ1) is 18.4. The van der Waals surface area contributed by atoms with E-state index in [1.54, 1.807) is 6.07 Å². The number of aryl methyl sites for hydroxylation is 1. The molecule has 1 unspecified atom stereocenters. The van der Waals surface area contributed by atoms with Crippen LogP contribution < -0.4 is 11.5 Å². The van der Waals surface area contributed by atoms with Gasteiger partial charge in [0.1, 0.15) is 5.69 Å². The van der Waals surface area contributed by atoms with Crippen molar-refractivity contribution in [2.75, 3.05) is 13.1 Å². The Kier molecular flexibility index (Phi) is 6.83. The fourth-order valence-electron chi connectivity index (χ4n) is 2.57. The summed E-state index contributed by atoms with van der Waals surface area (Å²) in [5, 5.41) is 4.03. The summed E-state index contributed by atoms with van der Waals surface area (Å²) in [7, 11) is 0. The summed E-state index contributed by atoms with van der Waals surface area (Å²) in [4.78, 5) is 25.3. The molecule has 1 aliphatic rings. The van der Waals surface area contributed by atoms with Crippen molar-refractivity contribution < 1.29 is 9.59 Å². The molecule has 8 heteroatoms. The third-order valence-corrected chi connectivity index (χ3v) is 4.03. The van der Waals surface area contributed by atoms with Crippen LogP contribution in [-0.4, -0.2) is 45.6 Å². The molecule has 22 heavy (non-hydrogen) atoms. The van der Waals surface area contributed by atoms with E-state index < -0.39 is 11.9 Å². The maximum Gasteiger partial charge on any atom is 0.266 e. The fraction of sp³-hybridized carbons (Fsp3) is 0.643. The molecular weight excluding hydrogens is 306 g/mol. The highest BCUT2D eigenvalue weighted by molar-refractivity contribution is 5.90. The van der Waals surface area contributed by atoms with Gasteiger partial charge >= 0.3 is 0 Å². The number of carbonyl (C=O) groups excluding carboxylic acids is 2. The SMILES string of the molecule is CC1CCN(C(=O)C(N)CCn2nccc2C(N)=O)CC1.Cl. The van der Waals surface area contributed by atoms with E-state index in [2.05, 4.69) is 12.0 Å². The molecule has 124 valence electrons. The summed E-state index contributed by atoms with van der Waals surface area (Å²) in [6.07, 6.45) is 4.01. The molecule has 0 aliphatic carbocycles. The van der Waals surface area contributed by atoms with Crippen LogP contribution in [0.1, 0.15) is 36.7 Å². The molecule has 1 aromatic rings. The third kappa shape index (κ3) is 4.45. The molecule has 0 bridgehead atoms. The van der Waals surface area contributed by atoms with Crippen molar-refractivity contribution in [3.8, 4) is 0 Å². The number of aromatic nitrogens is 2. The minimum Gasteiger partial charge on any atom is -0.364 e. The quantitative estimate of drug-likeness (QED) is 0.814.